The van der Waals surface area contributed by atoms with Gasteiger partial charge in [0.1, 0.15) is 15.9 Å². The molecule has 0 fully saturated rings. The molecule has 1 atom stereocenters. The smallest absolute Gasteiger partial charge is 0.127 e. The predicted octanol–water partition coefficient (Wildman–Crippen LogP) is 8.17. The number of hydrogen-bond donors (Lipinski definition) is 1. The molecule has 31 heavy (non-hydrogen) atoms. The Morgan fingerprint density at radius 1 is 0.871 bits per heavy atom. The van der Waals surface area contributed by atoms with Crippen LogP contribution >= 0.6 is 35.7 Å². The molecule has 0 radical (unpaired) electrons. The van der Waals surface area contributed by atoms with E-state index in [0.717, 1.165) is 41.6 Å². The quantitative estimate of drug-likeness (QED) is 0.0982. The third kappa shape index (κ3) is 13.1. The van der Waals surface area contributed by atoms with Crippen LogP contribution in [0.1, 0.15) is 110 Å². The molecule has 1 aromatic rings. The fraction of sp³-hybridized carbons (Fsp3) is 0.800. The van der Waals surface area contributed by atoms with Crippen molar-refractivity contribution in [3.8, 4) is 0 Å². The molecule has 6 heteroatoms. The minimum absolute atomic E-state index is 0.459. The molecule has 0 amide bonds. The molecule has 1 aromatic heterocycles. The fourth-order valence-electron chi connectivity index (χ4n) is 3.69. The van der Waals surface area contributed by atoms with Crippen molar-refractivity contribution in [2.75, 3.05) is 11.5 Å². The SMILES string of the molecule is CCCCCCCCCC(=S)NC(C)CCCCc1c(SCC)nc(C)nc1SCC. The molecule has 1 rings (SSSR count). The van der Waals surface area contributed by atoms with Crippen molar-refractivity contribution in [2.45, 2.75) is 128 Å². The van der Waals surface area contributed by atoms with Gasteiger partial charge in [-0.25, -0.2) is 9.97 Å². The van der Waals surface area contributed by atoms with E-state index < -0.39 is 0 Å². The largest absolute Gasteiger partial charge is 0.377 e. The molecule has 0 saturated carbocycles. The van der Waals surface area contributed by atoms with E-state index in [-0.39, 0.29) is 0 Å². The second-order valence-corrected chi connectivity index (χ2v) is 11.3. The second-order valence-electron chi connectivity index (χ2n) is 8.31. The first-order chi connectivity index (χ1) is 15.0. The zero-order chi connectivity index (χ0) is 22.9. The highest BCUT2D eigenvalue weighted by Crippen LogP contribution is 2.30. The van der Waals surface area contributed by atoms with Gasteiger partial charge in [-0.1, -0.05) is 77.9 Å². The number of thioether (sulfide) groups is 2. The van der Waals surface area contributed by atoms with Crippen molar-refractivity contribution < 1.29 is 0 Å². The van der Waals surface area contributed by atoms with E-state index in [4.69, 9.17) is 22.2 Å². The molecule has 0 spiro atoms. The Labute approximate surface area is 206 Å². The predicted molar refractivity (Wildman–Crippen MR) is 145 cm³/mol. The summed E-state index contributed by atoms with van der Waals surface area (Å²) in [6, 6.07) is 0.459. The monoisotopic (exact) mass is 483 g/mol. The van der Waals surface area contributed by atoms with Gasteiger partial charge in [-0.15, -0.1) is 23.5 Å². The molecule has 0 bridgehead atoms. The van der Waals surface area contributed by atoms with Crippen molar-refractivity contribution in [1.82, 2.24) is 15.3 Å². The van der Waals surface area contributed by atoms with Crippen molar-refractivity contribution in [3.63, 3.8) is 0 Å². The van der Waals surface area contributed by atoms with E-state index in [0.29, 0.717) is 6.04 Å². The van der Waals surface area contributed by atoms with E-state index >= 15 is 0 Å². The molecular formula is C25H45N3S3. The Morgan fingerprint density at radius 2 is 1.45 bits per heavy atom. The number of nitrogens with zero attached hydrogens (tertiary/aromatic N) is 2. The fourth-order valence-corrected chi connectivity index (χ4v) is 5.78. The van der Waals surface area contributed by atoms with Crippen LogP contribution < -0.4 is 5.32 Å². The maximum atomic E-state index is 5.58. The topological polar surface area (TPSA) is 37.8 Å². The molecule has 0 saturated heterocycles. The second kappa shape index (κ2) is 18.1. The van der Waals surface area contributed by atoms with Gasteiger partial charge in [0.25, 0.3) is 0 Å². The maximum absolute atomic E-state index is 5.58. The lowest BCUT2D eigenvalue weighted by molar-refractivity contribution is 0.549. The van der Waals surface area contributed by atoms with Gasteiger partial charge in [-0.05, 0) is 57.5 Å². The van der Waals surface area contributed by atoms with E-state index in [1.54, 1.807) is 0 Å². The summed E-state index contributed by atoms with van der Waals surface area (Å²) in [5.41, 5.74) is 1.36. The lowest BCUT2D eigenvalue weighted by Crippen LogP contribution is -2.31. The Balaban J connectivity index is 2.32. The number of aromatic nitrogens is 2. The maximum Gasteiger partial charge on any atom is 0.127 e. The number of aryl methyl sites for hydroxylation is 1. The van der Waals surface area contributed by atoms with Gasteiger partial charge in [0.2, 0.25) is 0 Å². The lowest BCUT2D eigenvalue weighted by atomic mass is 10.1. The summed E-state index contributed by atoms with van der Waals surface area (Å²) >= 11 is 9.28. The van der Waals surface area contributed by atoms with Gasteiger partial charge < -0.3 is 5.32 Å². The zero-order valence-corrected chi connectivity index (χ0v) is 23.0. The van der Waals surface area contributed by atoms with Crippen LogP contribution in [0.2, 0.25) is 0 Å². The Bertz CT molecular complexity index is 595. The summed E-state index contributed by atoms with van der Waals surface area (Å²) in [6.45, 7) is 10.9. The summed E-state index contributed by atoms with van der Waals surface area (Å²) in [7, 11) is 0. The molecule has 1 heterocycles. The zero-order valence-electron chi connectivity index (χ0n) is 20.6. The van der Waals surface area contributed by atoms with E-state index in [9.17, 15) is 0 Å². The number of rotatable bonds is 18. The van der Waals surface area contributed by atoms with Gasteiger partial charge in [0, 0.05) is 11.6 Å². The van der Waals surface area contributed by atoms with E-state index in [1.807, 2.05) is 30.4 Å². The highest BCUT2D eigenvalue weighted by Gasteiger charge is 2.14. The highest BCUT2D eigenvalue weighted by atomic mass is 32.2. The van der Waals surface area contributed by atoms with Crippen LogP contribution in [0.5, 0.6) is 0 Å². The standard InChI is InChI=1S/C25H45N3S3/c1-6-9-10-11-12-13-14-19-23(29)26-20(4)17-15-16-18-22-24(30-7-2)27-21(5)28-25(22)31-8-3/h20H,6-19H2,1-5H3,(H,26,29). The Hall–Kier alpha value is -0.330. The van der Waals surface area contributed by atoms with Crippen LogP contribution in [0.3, 0.4) is 0 Å². The molecule has 0 aromatic carbocycles. The van der Waals surface area contributed by atoms with E-state index in [2.05, 4.69) is 33.0 Å². The Kier molecular flexibility index (Phi) is 16.8. The van der Waals surface area contributed by atoms with Crippen LogP contribution in [-0.4, -0.2) is 32.5 Å². The molecule has 0 aliphatic carbocycles. The van der Waals surface area contributed by atoms with Gasteiger partial charge in [-0.2, -0.15) is 0 Å². The first-order valence-corrected chi connectivity index (χ1v) is 14.8. The minimum Gasteiger partial charge on any atom is -0.377 e. The lowest BCUT2D eigenvalue weighted by Gasteiger charge is -2.17. The summed E-state index contributed by atoms with van der Waals surface area (Å²) in [5.74, 6) is 3.00. The molecule has 1 unspecified atom stereocenters. The number of unbranched alkanes of at least 4 members (excludes halogenated alkanes) is 7. The summed E-state index contributed by atoms with van der Waals surface area (Å²) in [5, 5.41) is 5.94. The summed E-state index contributed by atoms with van der Waals surface area (Å²) in [6.07, 6.45) is 15.0. The van der Waals surface area contributed by atoms with Gasteiger partial charge in [0.05, 0.1) is 4.99 Å². The van der Waals surface area contributed by atoms with Crippen LogP contribution in [-0.2, 0) is 6.42 Å². The highest BCUT2D eigenvalue weighted by molar-refractivity contribution is 8.00. The first kappa shape index (κ1) is 28.7. The van der Waals surface area contributed by atoms with Crippen LogP contribution in [0.4, 0.5) is 0 Å². The average Bonchev–Trinajstić information content (AvgIpc) is 2.72. The van der Waals surface area contributed by atoms with Gasteiger partial charge in [0.15, 0.2) is 0 Å². The molecule has 0 aliphatic heterocycles. The summed E-state index contributed by atoms with van der Waals surface area (Å²) in [4.78, 5) is 10.5. The molecule has 178 valence electrons. The number of thiocarbonyl (C=S) groups is 1. The van der Waals surface area contributed by atoms with Crippen LogP contribution in [0.25, 0.3) is 0 Å². The van der Waals surface area contributed by atoms with Crippen molar-refractivity contribution in [2.24, 2.45) is 0 Å². The third-order valence-corrected chi connectivity index (χ3v) is 7.46. The van der Waals surface area contributed by atoms with Crippen molar-refractivity contribution >= 4 is 40.7 Å². The Morgan fingerprint density at radius 3 is 2.03 bits per heavy atom. The molecule has 0 aliphatic rings. The number of hydrogen-bond acceptors (Lipinski definition) is 5. The average molecular weight is 484 g/mol. The van der Waals surface area contributed by atoms with Crippen molar-refractivity contribution in [3.05, 3.63) is 11.4 Å². The van der Waals surface area contributed by atoms with Crippen molar-refractivity contribution in [1.29, 1.82) is 0 Å². The molecular weight excluding hydrogens is 438 g/mol. The summed E-state index contributed by atoms with van der Waals surface area (Å²) < 4.78 is 0. The molecule has 3 nitrogen and oxygen atoms in total. The van der Waals surface area contributed by atoms with Crippen LogP contribution in [0, 0.1) is 6.92 Å². The van der Waals surface area contributed by atoms with Crippen LogP contribution in [0.15, 0.2) is 10.1 Å². The van der Waals surface area contributed by atoms with Gasteiger partial charge >= 0.3 is 0 Å². The normalized spacial score (nSPS) is 12.2. The minimum atomic E-state index is 0.459. The molecule has 1 N–H and O–H groups in total. The number of nitrogens with one attached hydrogen (secondary N) is 1. The first-order valence-electron chi connectivity index (χ1n) is 12.4. The van der Waals surface area contributed by atoms with Gasteiger partial charge in [-0.3, -0.25) is 0 Å². The van der Waals surface area contributed by atoms with E-state index in [1.165, 1.54) is 73.4 Å². The third-order valence-electron chi connectivity index (χ3n) is 5.33.